The molecule has 0 spiro atoms. The molecule has 1 N–H and O–H groups in total. The number of likely N-dealkylation sites (N-methyl/N-ethyl adjacent to an activating group) is 2. The molecule has 3 heteroatoms. The van der Waals surface area contributed by atoms with Crippen molar-refractivity contribution in [2.75, 3.05) is 50.5 Å². The van der Waals surface area contributed by atoms with Gasteiger partial charge in [0.25, 0.3) is 0 Å². The standard InChI is InChI=1S/C15H21N3/c1-17-8-5-12(6-9-17)13-3-4-14-15(11-13)18(2)10-7-16-14/h3-5,11,16H,6-10H2,1-2H3. The highest BCUT2D eigenvalue weighted by atomic mass is 15.2. The van der Waals surface area contributed by atoms with Gasteiger partial charge in [0.1, 0.15) is 0 Å². The normalized spacial score (nSPS) is 20.1. The molecule has 96 valence electrons. The van der Waals surface area contributed by atoms with E-state index < -0.39 is 0 Å². The van der Waals surface area contributed by atoms with Gasteiger partial charge in [0.2, 0.25) is 0 Å². The Kier molecular flexibility index (Phi) is 3.00. The van der Waals surface area contributed by atoms with Gasteiger partial charge < -0.3 is 15.1 Å². The van der Waals surface area contributed by atoms with Crippen molar-refractivity contribution in [3.8, 4) is 0 Å². The Morgan fingerprint density at radius 2 is 2.06 bits per heavy atom. The average molecular weight is 243 g/mol. The van der Waals surface area contributed by atoms with Crippen LogP contribution in [0.15, 0.2) is 24.3 Å². The van der Waals surface area contributed by atoms with E-state index in [9.17, 15) is 0 Å². The fourth-order valence-electron chi connectivity index (χ4n) is 2.71. The maximum atomic E-state index is 3.46. The summed E-state index contributed by atoms with van der Waals surface area (Å²) in [5.74, 6) is 0. The zero-order valence-electron chi connectivity index (χ0n) is 11.2. The number of benzene rings is 1. The zero-order valence-corrected chi connectivity index (χ0v) is 11.2. The largest absolute Gasteiger partial charge is 0.382 e. The van der Waals surface area contributed by atoms with E-state index in [2.05, 4.69) is 53.5 Å². The zero-order chi connectivity index (χ0) is 12.5. The molecule has 3 rings (SSSR count). The molecular weight excluding hydrogens is 222 g/mol. The van der Waals surface area contributed by atoms with Gasteiger partial charge in [-0.3, -0.25) is 0 Å². The van der Waals surface area contributed by atoms with Crippen LogP contribution in [0, 0.1) is 0 Å². The maximum absolute atomic E-state index is 3.46. The number of fused-ring (bicyclic) bond motifs is 1. The lowest BCUT2D eigenvalue weighted by atomic mass is 9.98. The van der Waals surface area contributed by atoms with Crippen LogP contribution in [0.5, 0.6) is 0 Å². The number of anilines is 2. The molecule has 0 saturated heterocycles. The summed E-state index contributed by atoms with van der Waals surface area (Å²) in [6.45, 7) is 4.35. The highest BCUT2D eigenvalue weighted by Crippen LogP contribution is 2.32. The van der Waals surface area contributed by atoms with Crippen molar-refractivity contribution in [2.45, 2.75) is 6.42 Å². The summed E-state index contributed by atoms with van der Waals surface area (Å²) in [5, 5.41) is 3.46. The number of hydrogen-bond acceptors (Lipinski definition) is 3. The second kappa shape index (κ2) is 4.65. The van der Waals surface area contributed by atoms with Gasteiger partial charge in [0, 0.05) is 33.2 Å². The van der Waals surface area contributed by atoms with Crippen LogP contribution >= 0.6 is 0 Å². The van der Waals surface area contributed by atoms with Gasteiger partial charge in [-0.15, -0.1) is 0 Å². The molecule has 0 unspecified atom stereocenters. The summed E-state index contributed by atoms with van der Waals surface area (Å²) in [6.07, 6.45) is 3.52. The average Bonchev–Trinajstić information content (AvgIpc) is 2.40. The molecule has 2 aliphatic heterocycles. The van der Waals surface area contributed by atoms with Crippen LogP contribution < -0.4 is 10.2 Å². The van der Waals surface area contributed by atoms with E-state index >= 15 is 0 Å². The van der Waals surface area contributed by atoms with E-state index in [0.717, 1.165) is 32.6 Å². The third kappa shape index (κ3) is 2.10. The van der Waals surface area contributed by atoms with E-state index in [-0.39, 0.29) is 0 Å². The maximum Gasteiger partial charge on any atom is 0.0606 e. The lowest BCUT2D eigenvalue weighted by Crippen LogP contribution is -2.30. The van der Waals surface area contributed by atoms with E-state index in [0.29, 0.717) is 0 Å². The van der Waals surface area contributed by atoms with E-state index in [4.69, 9.17) is 0 Å². The highest BCUT2D eigenvalue weighted by molar-refractivity contribution is 5.78. The van der Waals surface area contributed by atoms with E-state index in [1.165, 1.54) is 22.5 Å². The minimum atomic E-state index is 1.04. The predicted molar refractivity (Wildman–Crippen MR) is 78.3 cm³/mol. The van der Waals surface area contributed by atoms with Crippen LogP contribution in [0.1, 0.15) is 12.0 Å². The van der Waals surface area contributed by atoms with Crippen LogP contribution in [-0.4, -0.2) is 45.2 Å². The van der Waals surface area contributed by atoms with Gasteiger partial charge >= 0.3 is 0 Å². The molecule has 0 saturated carbocycles. The fraction of sp³-hybridized carbons (Fsp3) is 0.467. The molecule has 2 aliphatic rings. The van der Waals surface area contributed by atoms with Crippen LogP contribution in [0.3, 0.4) is 0 Å². The molecule has 0 bridgehead atoms. The number of rotatable bonds is 1. The van der Waals surface area contributed by atoms with Crippen LogP contribution in [-0.2, 0) is 0 Å². The van der Waals surface area contributed by atoms with Crippen molar-refractivity contribution in [3.63, 3.8) is 0 Å². The quantitative estimate of drug-likeness (QED) is 0.816. The van der Waals surface area contributed by atoms with Gasteiger partial charge in [-0.1, -0.05) is 12.1 Å². The Balaban J connectivity index is 1.92. The smallest absolute Gasteiger partial charge is 0.0606 e. The topological polar surface area (TPSA) is 18.5 Å². The lowest BCUT2D eigenvalue weighted by Gasteiger charge is -2.30. The Hall–Kier alpha value is -1.48. The first-order chi connectivity index (χ1) is 8.74. The number of nitrogens with one attached hydrogen (secondary N) is 1. The van der Waals surface area contributed by atoms with Crippen molar-refractivity contribution in [1.82, 2.24) is 4.90 Å². The molecule has 0 fully saturated rings. The summed E-state index contributed by atoms with van der Waals surface area (Å²) in [5.41, 5.74) is 5.48. The van der Waals surface area contributed by atoms with Gasteiger partial charge in [-0.2, -0.15) is 0 Å². The molecule has 0 amide bonds. The molecule has 2 heterocycles. The Morgan fingerprint density at radius 1 is 1.17 bits per heavy atom. The molecule has 0 radical (unpaired) electrons. The first-order valence-corrected chi connectivity index (χ1v) is 6.71. The number of hydrogen-bond donors (Lipinski definition) is 1. The molecular formula is C15H21N3. The molecule has 1 aromatic carbocycles. The monoisotopic (exact) mass is 243 g/mol. The second-order valence-corrected chi connectivity index (χ2v) is 5.32. The third-order valence-corrected chi connectivity index (χ3v) is 3.95. The van der Waals surface area contributed by atoms with Gasteiger partial charge in [-0.05, 0) is 36.7 Å². The fourth-order valence-corrected chi connectivity index (χ4v) is 2.71. The second-order valence-electron chi connectivity index (χ2n) is 5.32. The first kappa shape index (κ1) is 11.6. The van der Waals surface area contributed by atoms with Crippen molar-refractivity contribution in [2.24, 2.45) is 0 Å². The first-order valence-electron chi connectivity index (χ1n) is 6.71. The number of nitrogens with zero attached hydrogens (tertiary/aromatic N) is 2. The van der Waals surface area contributed by atoms with Crippen LogP contribution in [0.4, 0.5) is 11.4 Å². The Morgan fingerprint density at radius 3 is 2.83 bits per heavy atom. The molecule has 0 aliphatic carbocycles. The summed E-state index contributed by atoms with van der Waals surface area (Å²) < 4.78 is 0. The molecule has 18 heavy (non-hydrogen) atoms. The summed E-state index contributed by atoms with van der Waals surface area (Å²) >= 11 is 0. The molecule has 0 atom stereocenters. The molecule has 3 nitrogen and oxygen atoms in total. The predicted octanol–water partition coefficient (Wildman–Crippen LogP) is 2.27. The Bertz CT molecular complexity index is 479. The minimum Gasteiger partial charge on any atom is -0.382 e. The van der Waals surface area contributed by atoms with E-state index in [1.807, 2.05) is 0 Å². The van der Waals surface area contributed by atoms with Crippen LogP contribution in [0.2, 0.25) is 0 Å². The summed E-state index contributed by atoms with van der Waals surface area (Å²) in [7, 11) is 4.35. The summed E-state index contributed by atoms with van der Waals surface area (Å²) in [4.78, 5) is 4.69. The van der Waals surface area contributed by atoms with Crippen molar-refractivity contribution < 1.29 is 0 Å². The summed E-state index contributed by atoms with van der Waals surface area (Å²) in [6, 6.07) is 6.81. The van der Waals surface area contributed by atoms with Crippen LogP contribution in [0.25, 0.3) is 5.57 Å². The SMILES string of the molecule is CN1CC=C(c2ccc3c(c2)N(C)CCN3)CC1. The molecule has 1 aromatic rings. The van der Waals surface area contributed by atoms with Crippen molar-refractivity contribution in [1.29, 1.82) is 0 Å². The van der Waals surface area contributed by atoms with Crippen molar-refractivity contribution >= 4 is 16.9 Å². The van der Waals surface area contributed by atoms with Gasteiger partial charge in [0.15, 0.2) is 0 Å². The van der Waals surface area contributed by atoms with E-state index in [1.54, 1.807) is 0 Å². The lowest BCUT2D eigenvalue weighted by molar-refractivity contribution is 0.370. The minimum absolute atomic E-state index is 1.04. The Labute approximate surface area is 109 Å². The highest BCUT2D eigenvalue weighted by Gasteiger charge is 2.15. The van der Waals surface area contributed by atoms with Crippen molar-refractivity contribution in [3.05, 3.63) is 29.8 Å². The van der Waals surface area contributed by atoms with Gasteiger partial charge in [-0.25, -0.2) is 0 Å². The van der Waals surface area contributed by atoms with Gasteiger partial charge in [0.05, 0.1) is 11.4 Å². The molecule has 0 aromatic heterocycles. The third-order valence-electron chi connectivity index (χ3n) is 3.95.